The fraction of sp³-hybridized carbons (Fsp3) is 0.812. The number of ether oxygens (including phenoxy) is 1. The molecule has 0 aromatic heterocycles. The number of amides is 1. The van der Waals surface area contributed by atoms with E-state index >= 15 is 0 Å². The molecule has 3 saturated heterocycles. The molecular formula is C16H25NO2P2. The van der Waals surface area contributed by atoms with Crippen molar-refractivity contribution in [3.63, 3.8) is 0 Å². The summed E-state index contributed by atoms with van der Waals surface area (Å²) >= 11 is 0. The Balaban J connectivity index is 1.82. The lowest BCUT2D eigenvalue weighted by Gasteiger charge is -2.25. The van der Waals surface area contributed by atoms with E-state index < -0.39 is 0 Å². The molecule has 0 spiro atoms. The number of carbonyl (C=O) groups excluding carboxylic acids is 1. The van der Waals surface area contributed by atoms with Crippen LogP contribution < -0.4 is 0 Å². The molecule has 0 radical (unpaired) electrons. The van der Waals surface area contributed by atoms with Crippen LogP contribution in [0.25, 0.3) is 0 Å². The van der Waals surface area contributed by atoms with Crippen molar-refractivity contribution in [3.8, 4) is 0 Å². The van der Waals surface area contributed by atoms with Crippen LogP contribution >= 0.6 is 15.8 Å². The second-order valence-corrected chi connectivity index (χ2v) is 12.9. The minimum Gasteiger partial charge on any atom is -0.346 e. The lowest BCUT2D eigenvalue weighted by atomic mass is 10.2. The highest BCUT2D eigenvalue weighted by atomic mass is 31.1. The molecule has 5 heteroatoms. The Morgan fingerprint density at radius 1 is 1.00 bits per heavy atom. The van der Waals surface area contributed by atoms with Gasteiger partial charge in [-0.15, -0.1) is 0 Å². The highest BCUT2D eigenvalue weighted by molar-refractivity contribution is 7.69. The molecule has 0 saturated carbocycles. The minimum atomic E-state index is -0.284. The van der Waals surface area contributed by atoms with Crippen molar-refractivity contribution in [1.82, 2.24) is 4.90 Å². The van der Waals surface area contributed by atoms with E-state index in [2.05, 4.69) is 20.8 Å². The first-order valence-electron chi connectivity index (χ1n) is 8.24. The smallest absolute Gasteiger partial charge is 0.256 e. The number of fused-ring (bicyclic) bond motifs is 3. The van der Waals surface area contributed by atoms with E-state index in [-0.39, 0.29) is 22.1 Å². The van der Waals surface area contributed by atoms with Crippen LogP contribution in [0.3, 0.4) is 0 Å². The third kappa shape index (κ3) is 1.93. The monoisotopic (exact) mass is 325 g/mol. The number of nitrogens with zero attached hydrogens (tertiary/aromatic N) is 1. The van der Waals surface area contributed by atoms with Crippen molar-refractivity contribution >= 4 is 21.8 Å². The van der Waals surface area contributed by atoms with Crippen LogP contribution in [0.15, 0.2) is 10.6 Å². The third-order valence-electron chi connectivity index (χ3n) is 5.74. The van der Waals surface area contributed by atoms with E-state index in [1.807, 2.05) is 11.9 Å². The summed E-state index contributed by atoms with van der Waals surface area (Å²) in [5.41, 5.74) is 2.16. The Kier molecular flexibility index (Phi) is 3.49. The average Bonchev–Trinajstić information content (AvgIpc) is 3.13. The van der Waals surface area contributed by atoms with Gasteiger partial charge in [-0.25, -0.2) is 0 Å². The molecule has 6 atom stereocenters. The second kappa shape index (κ2) is 5.02. The molecule has 4 heterocycles. The van der Waals surface area contributed by atoms with Crippen LogP contribution in [0.4, 0.5) is 0 Å². The number of carbonyl (C=O) groups is 1. The van der Waals surface area contributed by atoms with Gasteiger partial charge in [0.25, 0.3) is 5.91 Å². The maximum Gasteiger partial charge on any atom is 0.256 e. The lowest BCUT2D eigenvalue weighted by molar-refractivity contribution is -0.132. The van der Waals surface area contributed by atoms with Gasteiger partial charge in [0.15, 0.2) is 6.23 Å². The van der Waals surface area contributed by atoms with Crippen molar-refractivity contribution in [2.24, 2.45) is 0 Å². The summed E-state index contributed by atoms with van der Waals surface area (Å²) in [7, 11) is 1.43. The lowest BCUT2D eigenvalue weighted by Crippen LogP contribution is -2.32. The van der Waals surface area contributed by atoms with E-state index in [9.17, 15) is 4.79 Å². The van der Waals surface area contributed by atoms with Gasteiger partial charge in [0, 0.05) is 17.7 Å². The van der Waals surface area contributed by atoms with Gasteiger partial charge >= 0.3 is 0 Å². The minimum absolute atomic E-state index is 0.00568. The molecule has 4 rings (SSSR count). The summed E-state index contributed by atoms with van der Waals surface area (Å²) in [4.78, 5) is 14.8. The molecule has 1 amide bonds. The van der Waals surface area contributed by atoms with E-state index in [0.717, 1.165) is 5.66 Å². The van der Waals surface area contributed by atoms with Gasteiger partial charge in [-0.2, -0.15) is 0 Å². The second-order valence-electron chi connectivity index (χ2n) is 7.11. The largest absolute Gasteiger partial charge is 0.346 e. The summed E-state index contributed by atoms with van der Waals surface area (Å²) in [6.07, 6.45) is 5.06. The zero-order chi connectivity index (χ0) is 14.9. The molecule has 0 aromatic carbocycles. The Labute approximate surface area is 130 Å². The summed E-state index contributed by atoms with van der Waals surface area (Å²) < 4.78 is 6.31. The quantitative estimate of drug-likeness (QED) is 0.680. The summed E-state index contributed by atoms with van der Waals surface area (Å²) in [5.74, 6) is 0.727. The van der Waals surface area contributed by atoms with Crippen molar-refractivity contribution in [2.75, 3.05) is 7.05 Å². The molecule has 3 nitrogen and oxygen atoms in total. The van der Waals surface area contributed by atoms with E-state index in [0.29, 0.717) is 23.1 Å². The number of hydrogen-bond acceptors (Lipinski definition) is 2. The molecule has 0 bridgehead atoms. The number of hydrogen-bond donors (Lipinski definition) is 0. The fourth-order valence-corrected chi connectivity index (χ4v) is 11.9. The predicted molar refractivity (Wildman–Crippen MR) is 89.2 cm³/mol. The molecule has 3 fully saturated rings. The van der Waals surface area contributed by atoms with Crippen molar-refractivity contribution < 1.29 is 9.53 Å². The first kappa shape index (κ1) is 14.6. The predicted octanol–water partition coefficient (Wildman–Crippen LogP) is 4.07. The Morgan fingerprint density at radius 2 is 1.57 bits per heavy atom. The number of rotatable bonds is 1. The van der Waals surface area contributed by atoms with E-state index in [1.54, 1.807) is 0 Å². The molecule has 0 N–H and O–H groups in total. The molecular weight excluding hydrogens is 300 g/mol. The molecule has 116 valence electrons. The van der Waals surface area contributed by atoms with Crippen LogP contribution in [0.1, 0.15) is 46.5 Å². The van der Waals surface area contributed by atoms with Crippen LogP contribution in [0, 0.1) is 0 Å². The zero-order valence-corrected chi connectivity index (χ0v) is 15.2. The van der Waals surface area contributed by atoms with Gasteiger partial charge in [-0.1, -0.05) is 28.7 Å². The highest BCUT2D eigenvalue weighted by Gasteiger charge is 2.56. The molecule has 4 aliphatic heterocycles. The first-order valence-corrected chi connectivity index (χ1v) is 11.2. The molecule has 21 heavy (non-hydrogen) atoms. The fourth-order valence-electron chi connectivity index (χ4n) is 4.59. The van der Waals surface area contributed by atoms with Crippen molar-refractivity contribution in [2.45, 2.75) is 75.5 Å². The van der Waals surface area contributed by atoms with Crippen LogP contribution in [-0.2, 0) is 9.53 Å². The summed E-state index contributed by atoms with van der Waals surface area (Å²) in [5, 5.41) is 2.72. The molecule has 0 aromatic rings. The van der Waals surface area contributed by atoms with E-state index in [1.165, 1.54) is 36.3 Å². The van der Waals surface area contributed by atoms with Gasteiger partial charge in [0.05, 0.1) is 5.85 Å². The van der Waals surface area contributed by atoms with Gasteiger partial charge in [-0.3, -0.25) is 4.79 Å². The van der Waals surface area contributed by atoms with Crippen LogP contribution in [-0.4, -0.2) is 46.9 Å². The standard InChI is InChI=1S/C16H25NO2P2/c1-9-5-6-10(2)20(9)13-14-16(17(4)15(13)18)19-12-8-7-11(3)21(12)14/h9-12,16H,5-8H2,1-4H3/t9-,10-,11-,12+,16?,21?/m0/s1. The van der Waals surface area contributed by atoms with Gasteiger partial charge in [-0.05, 0) is 50.6 Å². The summed E-state index contributed by atoms with van der Waals surface area (Å²) in [6, 6.07) is 0. The van der Waals surface area contributed by atoms with Crippen molar-refractivity contribution in [3.05, 3.63) is 10.6 Å². The summed E-state index contributed by atoms with van der Waals surface area (Å²) in [6.45, 7) is 7.10. The van der Waals surface area contributed by atoms with Gasteiger partial charge in [0.2, 0.25) is 0 Å². The molecule has 2 unspecified atom stereocenters. The Morgan fingerprint density at radius 3 is 2.24 bits per heavy atom. The third-order valence-corrected chi connectivity index (χ3v) is 12.5. The van der Waals surface area contributed by atoms with Crippen LogP contribution in [0.5, 0.6) is 0 Å². The normalized spacial score (nSPS) is 46.7. The van der Waals surface area contributed by atoms with Crippen LogP contribution in [0.2, 0.25) is 0 Å². The molecule has 4 aliphatic rings. The molecule has 0 aliphatic carbocycles. The SMILES string of the molecule is C[C@H]1CC[C@@H]2OC3C(=C(P4[C@@H](C)CC[C@@H]4C)C(=O)N3C)P21. The van der Waals surface area contributed by atoms with Gasteiger partial charge < -0.3 is 9.64 Å². The first-order chi connectivity index (χ1) is 10.0. The highest BCUT2D eigenvalue weighted by Crippen LogP contribution is 2.74. The van der Waals surface area contributed by atoms with Crippen molar-refractivity contribution in [1.29, 1.82) is 0 Å². The Hall–Kier alpha value is 0.0300. The maximum atomic E-state index is 12.9. The van der Waals surface area contributed by atoms with Gasteiger partial charge in [0.1, 0.15) is 0 Å². The Bertz CT molecular complexity index is 510. The number of likely N-dealkylation sites (N-methyl/N-ethyl adjacent to an activating group) is 1. The van der Waals surface area contributed by atoms with E-state index in [4.69, 9.17) is 4.74 Å². The average molecular weight is 325 g/mol. The zero-order valence-electron chi connectivity index (χ0n) is 13.4. The topological polar surface area (TPSA) is 29.5 Å². The maximum absolute atomic E-state index is 12.9.